The van der Waals surface area contributed by atoms with E-state index in [-0.39, 0.29) is 12.0 Å². The van der Waals surface area contributed by atoms with Crippen molar-refractivity contribution in [1.29, 1.82) is 0 Å². The third-order valence-electron chi connectivity index (χ3n) is 4.13. The summed E-state index contributed by atoms with van der Waals surface area (Å²) in [4.78, 5) is 13.3. The summed E-state index contributed by atoms with van der Waals surface area (Å²) in [7, 11) is 0. The second kappa shape index (κ2) is 5.74. The molecule has 1 aliphatic rings. The van der Waals surface area contributed by atoms with E-state index >= 15 is 0 Å². The molecule has 106 valence electrons. The molecule has 2 rings (SSSR count). The van der Waals surface area contributed by atoms with Crippen molar-refractivity contribution in [3.05, 3.63) is 18.0 Å². The third-order valence-corrected chi connectivity index (χ3v) is 4.13. The highest BCUT2D eigenvalue weighted by atomic mass is 16.4. The van der Waals surface area contributed by atoms with E-state index in [1.54, 1.807) is 0 Å². The molecule has 1 saturated heterocycles. The van der Waals surface area contributed by atoms with Gasteiger partial charge >= 0.3 is 5.97 Å². The lowest BCUT2D eigenvalue weighted by Gasteiger charge is -2.22. The molecule has 1 N–H and O–H groups in total. The summed E-state index contributed by atoms with van der Waals surface area (Å²) in [6.45, 7) is 7.75. The molecule has 19 heavy (non-hydrogen) atoms. The van der Waals surface area contributed by atoms with Gasteiger partial charge < -0.3 is 5.11 Å². The fraction of sp³-hybridized carbons (Fsp3) is 0.714. The summed E-state index contributed by atoms with van der Waals surface area (Å²) in [5.74, 6) is -0.500. The van der Waals surface area contributed by atoms with E-state index in [0.29, 0.717) is 12.6 Å². The Bertz CT molecular complexity index is 444. The lowest BCUT2D eigenvalue weighted by Crippen LogP contribution is -2.38. The second-order valence-electron chi connectivity index (χ2n) is 5.56. The summed E-state index contributed by atoms with van der Waals surface area (Å²) in [5, 5.41) is 13.8. The zero-order chi connectivity index (χ0) is 14.0. The fourth-order valence-corrected chi connectivity index (χ4v) is 2.71. The maximum Gasteiger partial charge on any atom is 0.321 e. The Morgan fingerprint density at radius 1 is 1.63 bits per heavy atom. The highest BCUT2D eigenvalue weighted by molar-refractivity contribution is 5.74. The van der Waals surface area contributed by atoms with E-state index in [1.807, 2.05) is 28.8 Å². The van der Waals surface area contributed by atoms with Crippen LogP contribution in [0.2, 0.25) is 0 Å². The van der Waals surface area contributed by atoms with Gasteiger partial charge in [-0.15, -0.1) is 0 Å². The van der Waals surface area contributed by atoms with Gasteiger partial charge in [-0.2, -0.15) is 5.10 Å². The highest BCUT2D eigenvalue weighted by Gasteiger charge is 2.36. The Morgan fingerprint density at radius 2 is 2.37 bits per heavy atom. The molecule has 5 heteroatoms. The van der Waals surface area contributed by atoms with E-state index in [2.05, 4.69) is 18.9 Å². The molecule has 3 unspecified atom stereocenters. The van der Waals surface area contributed by atoms with Gasteiger partial charge in [-0.1, -0.05) is 13.8 Å². The molecular formula is C14H23N3O2. The van der Waals surface area contributed by atoms with Crippen molar-refractivity contribution >= 4 is 5.97 Å². The summed E-state index contributed by atoms with van der Waals surface area (Å²) < 4.78 is 1.96. The molecule has 3 atom stereocenters. The van der Waals surface area contributed by atoms with Gasteiger partial charge in [-0.05, 0) is 38.3 Å². The SMILES string of the molecule is CCC(C)n1ccc(CN2CCC(C)C2C(=O)O)n1. The van der Waals surface area contributed by atoms with Gasteiger partial charge in [0.25, 0.3) is 0 Å². The summed E-state index contributed by atoms with van der Waals surface area (Å²) in [6, 6.07) is 2.02. The van der Waals surface area contributed by atoms with Crippen LogP contribution in [0.15, 0.2) is 12.3 Å². The van der Waals surface area contributed by atoms with Gasteiger partial charge in [0.2, 0.25) is 0 Å². The number of aromatic nitrogens is 2. The number of carboxylic acids is 1. The Balaban J connectivity index is 2.04. The first-order chi connectivity index (χ1) is 9.02. The van der Waals surface area contributed by atoms with Crippen LogP contribution in [0, 0.1) is 5.92 Å². The molecule has 1 aromatic heterocycles. The van der Waals surface area contributed by atoms with Crippen molar-refractivity contribution in [1.82, 2.24) is 14.7 Å². The average Bonchev–Trinajstić information content (AvgIpc) is 2.96. The standard InChI is InChI=1S/C14H23N3O2/c1-4-11(3)17-8-6-12(15-17)9-16-7-5-10(2)13(16)14(18)19/h6,8,10-11,13H,4-5,7,9H2,1-3H3,(H,18,19). The minimum atomic E-state index is -0.716. The Kier molecular flexibility index (Phi) is 4.24. The quantitative estimate of drug-likeness (QED) is 0.886. The van der Waals surface area contributed by atoms with Crippen molar-refractivity contribution in [3.63, 3.8) is 0 Å². The number of aliphatic carboxylic acids is 1. The summed E-state index contributed by atoms with van der Waals surface area (Å²) in [5.41, 5.74) is 0.959. The molecule has 0 spiro atoms. The molecule has 1 aliphatic heterocycles. The number of hydrogen-bond acceptors (Lipinski definition) is 3. The maximum atomic E-state index is 11.3. The summed E-state index contributed by atoms with van der Waals surface area (Å²) in [6.07, 6.45) is 3.97. The van der Waals surface area contributed by atoms with Gasteiger partial charge in [-0.25, -0.2) is 0 Å². The van der Waals surface area contributed by atoms with Crippen molar-refractivity contribution in [2.45, 2.75) is 52.2 Å². The van der Waals surface area contributed by atoms with E-state index in [1.165, 1.54) is 0 Å². The number of carbonyl (C=O) groups is 1. The van der Waals surface area contributed by atoms with Gasteiger partial charge in [0, 0.05) is 18.8 Å². The first-order valence-electron chi connectivity index (χ1n) is 7.03. The van der Waals surface area contributed by atoms with E-state index in [4.69, 9.17) is 0 Å². The van der Waals surface area contributed by atoms with Crippen LogP contribution in [0.25, 0.3) is 0 Å². The first kappa shape index (κ1) is 14.1. The second-order valence-corrected chi connectivity index (χ2v) is 5.56. The zero-order valence-electron chi connectivity index (χ0n) is 11.9. The molecule has 5 nitrogen and oxygen atoms in total. The van der Waals surface area contributed by atoms with Crippen molar-refractivity contribution in [2.75, 3.05) is 6.54 Å². The maximum absolute atomic E-state index is 11.3. The molecule has 0 amide bonds. The Labute approximate surface area is 114 Å². The molecule has 1 aromatic rings. The molecule has 2 heterocycles. The van der Waals surface area contributed by atoms with Crippen LogP contribution in [0.5, 0.6) is 0 Å². The van der Waals surface area contributed by atoms with Crippen LogP contribution in [0.3, 0.4) is 0 Å². The highest BCUT2D eigenvalue weighted by Crippen LogP contribution is 2.25. The molecule has 0 radical (unpaired) electrons. The first-order valence-corrected chi connectivity index (χ1v) is 7.03. The fourth-order valence-electron chi connectivity index (χ4n) is 2.71. The number of rotatable bonds is 5. The largest absolute Gasteiger partial charge is 0.480 e. The smallest absolute Gasteiger partial charge is 0.321 e. The predicted octanol–water partition coefficient (Wildman–Crippen LogP) is 2.15. The normalized spacial score (nSPS) is 25.6. The van der Waals surface area contributed by atoms with Crippen LogP contribution in [-0.4, -0.2) is 38.3 Å². The van der Waals surface area contributed by atoms with Gasteiger partial charge in [0.1, 0.15) is 6.04 Å². The molecule has 0 saturated carbocycles. The minimum Gasteiger partial charge on any atom is -0.480 e. The number of hydrogen-bond donors (Lipinski definition) is 1. The van der Waals surface area contributed by atoms with Gasteiger partial charge in [-0.3, -0.25) is 14.4 Å². The average molecular weight is 265 g/mol. The van der Waals surface area contributed by atoms with Crippen LogP contribution < -0.4 is 0 Å². The molecule has 1 fully saturated rings. The van der Waals surface area contributed by atoms with Gasteiger partial charge in [0.15, 0.2) is 0 Å². The molecule has 0 aromatic carbocycles. The lowest BCUT2D eigenvalue weighted by molar-refractivity contribution is -0.143. The van der Waals surface area contributed by atoms with Crippen LogP contribution >= 0.6 is 0 Å². The monoisotopic (exact) mass is 265 g/mol. The summed E-state index contributed by atoms with van der Waals surface area (Å²) >= 11 is 0. The van der Waals surface area contributed by atoms with E-state index < -0.39 is 5.97 Å². The number of likely N-dealkylation sites (tertiary alicyclic amines) is 1. The molecular weight excluding hydrogens is 242 g/mol. The van der Waals surface area contributed by atoms with Crippen LogP contribution in [-0.2, 0) is 11.3 Å². The number of nitrogens with zero attached hydrogens (tertiary/aromatic N) is 3. The van der Waals surface area contributed by atoms with Gasteiger partial charge in [0.05, 0.1) is 5.69 Å². The van der Waals surface area contributed by atoms with Crippen LogP contribution in [0.1, 0.15) is 45.3 Å². The van der Waals surface area contributed by atoms with Crippen molar-refractivity contribution in [3.8, 4) is 0 Å². The van der Waals surface area contributed by atoms with Crippen molar-refractivity contribution in [2.24, 2.45) is 5.92 Å². The number of carboxylic acid groups (broad SMARTS) is 1. The lowest BCUT2D eigenvalue weighted by atomic mass is 10.0. The van der Waals surface area contributed by atoms with Crippen molar-refractivity contribution < 1.29 is 9.90 Å². The Hall–Kier alpha value is -1.36. The predicted molar refractivity (Wildman–Crippen MR) is 72.8 cm³/mol. The van der Waals surface area contributed by atoms with E-state index in [0.717, 1.165) is 25.1 Å². The Morgan fingerprint density at radius 3 is 3.00 bits per heavy atom. The topological polar surface area (TPSA) is 58.4 Å². The third kappa shape index (κ3) is 2.97. The molecule has 0 aliphatic carbocycles. The minimum absolute atomic E-state index is 0.217. The molecule has 0 bridgehead atoms. The zero-order valence-corrected chi connectivity index (χ0v) is 11.9. The van der Waals surface area contributed by atoms with E-state index in [9.17, 15) is 9.90 Å². The van der Waals surface area contributed by atoms with Crippen LogP contribution in [0.4, 0.5) is 0 Å².